The number of fused-ring (bicyclic) bond motifs is 2. The molecule has 9 heteroatoms. The SMILES string of the molecule is CN(C)Cc1cncc(-c2ccc3[nH]nc(-c4nc5c(-c6ccccn6)cncc5[nH]4)c3n2)c1. The molecule has 6 heterocycles. The van der Waals surface area contributed by atoms with Gasteiger partial charge in [0.15, 0.2) is 11.5 Å². The number of aromatic amines is 2. The van der Waals surface area contributed by atoms with Gasteiger partial charge in [0.2, 0.25) is 0 Å². The molecule has 0 saturated heterocycles. The van der Waals surface area contributed by atoms with Gasteiger partial charge in [0, 0.05) is 42.5 Å². The van der Waals surface area contributed by atoms with Crippen LogP contribution in [0, 0.1) is 0 Å². The third-order valence-corrected chi connectivity index (χ3v) is 5.56. The maximum absolute atomic E-state index is 4.92. The monoisotopic (exact) mass is 447 g/mol. The number of rotatable bonds is 5. The molecule has 0 atom stereocenters. The lowest BCUT2D eigenvalue weighted by Gasteiger charge is -2.10. The largest absolute Gasteiger partial charge is 0.335 e. The van der Waals surface area contributed by atoms with E-state index in [0.717, 1.165) is 56.7 Å². The minimum absolute atomic E-state index is 0.621. The van der Waals surface area contributed by atoms with Crippen LogP contribution in [-0.2, 0) is 6.54 Å². The van der Waals surface area contributed by atoms with E-state index in [1.54, 1.807) is 18.6 Å². The van der Waals surface area contributed by atoms with Gasteiger partial charge in [-0.3, -0.25) is 20.1 Å². The predicted octanol–water partition coefficient (Wildman–Crippen LogP) is 4.08. The summed E-state index contributed by atoms with van der Waals surface area (Å²) in [5.41, 5.74) is 8.41. The van der Waals surface area contributed by atoms with E-state index in [4.69, 9.17) is 9.97 Å². The van der Waals surface area contributed by atoms with Gasteiger partial charge in [-0.2, -0.15) is 5.10 Å². The molecular weight excluding hydrogens is 426 g/mol. The summed E-state index contributed by atoms with van der Waals surface area (Å²) in [4.78, 5) is 28.5. The van der Waals surface area contributed by atoms with Crippen LogP contribution in [-0.4, -0.2) is 59.1 Å². The molecule has 6 aromatic rings. The zero-order chi connectivity index (χ0) is 23.1. The Hall–Kier alpha value is -4.50. The number of hydrogen-bond acceptors (Lipinski definition) is 7. The van der Waals surface area contributed by atoms with Gasteiger partial charge in [-0.15, -0.1) is 0 Å². The van der Waals surface area contributed by atoms with Crippen molar-refractivity contribution in [2.75, 3.05) is 14.1 Å². The van der Waals surface area contributed by atoms with E-state index in [1.807, 2.05) is 56.8 Å². The molecule has 0 saturated carbocycles. The maximum atomic E-state index is 4.92. The Labute approximate surface area is 195 Å². The lowest BCUT2D eigenvalue weighted by molar-refractivity contribution is 0.402. The van der Waals surface area contributed by atoms with Gasteiger partial charge in [-0.1, -0.05) is 6.07 Å². The molecule has 9 nitrogen and oxygen atoms in total. The van der Waals surface area contributed by atoms with Crippen molar-refractivity contribution in [1.29, 1.82) is 0 Å². The summed E-state index contributed by atoms with van der Waals surface area (Å²) in [7, 11) is 4.08. The fourth-order valence-electron chi connectivity index (χ4n) is 4.06. The van der Waals surface area contributed by atoms with E-state index >= 15 is 0 Å². The van der Waals surface area contributed by atoms with Gasteiger partial charge in [0.1, 0.15) is 11.0 Å². The third-order valence-electron chi connectivity index (χ3n) is 5.56. The molecule has 0 unspecified atom stereocenters. The Bertz CT molecular complexity index is 1620. The average molecular weight is 448 g/mol. The molecule has 6 aromatic heterocycles. The molecule has 0 spiro atoms. The van der Waals surface area contributed by atoms with Crippen molar-refractivity contribution in [1.82, 2.24) is 45.0 Å². The van der Waals surface area contributed by atoms with Gasteiger partial charge in [0.05, 0.1) is 28.6 Å². The van der Waals surface area contributed by atoms with E-state index < -0.39 is 0 Å². The molecule has 0 aliphatic carbocycles. The number of nitrogens with zero attached hydrogens (tertiary/aromatic N) is 7. The first kappa shape index (κ1) is 20.1. The molecule has 0 radical (unpaired) electrons. The van der Waals surface area contributed by atoms with Gasteiger partial charge in [-0.25, -0.2) is 9.97 Å². The third kappa shape index (κ3) is 3.57. The molecule has 0 aliphatic rings. The zero-order valence-electron chi connectivity index (χ0n) is 18.7. The first-order valence-corrected chi connectivity index (χ1v) is 10.9. The average Bonchev–Trinajstić information content (AvgIpc) is 3.48. The van der Waals surface area contributed by atoms with Crippen LogP contribution in [0.5, 0.6) is 0 Å². The van der Waals surface area contributed by atoms with Crippen molar-refractivity contribution in [2.24, 2.45) is 0 Å². The van der Waals surface area contributed by atoms with Gasteiger partial charge < -0.3 is 9.88 Å². The lowest BCUT2D eigenvalue weighted by Crippen LogP contribution is -2.10. The summed E-state index contributed by atoms with van der Waals surface area (Å²) in [5, 5.41) is 7.59. The van der Waals surface area contributed by atoms with Crippen LogP contribution in [0.4, 0.5) is 0 Å². The molecule has 0 fully saturated rings. The summed E-state index contributed by atoms with van der Waals surface area (Å²) >= 11 is 0. The summed E-state index contributed by atoms with van der Waals surface area (Å²) in [5.74, 6) is 0.621. The van der Waals surface area contributed by atoms with Crippen LogP contribution in [0.1, 0.15) is 5.56 Å². The zero-order valence-corrected chi connectivity index (χ0v) is 18.7. The predicted molar refractivity (Wildman–Crippen MR) is 131 cm³/mol. The summed E-state index contributed by atoms with van der Waals surface area (Å²) in [6.45, 7) is 0.811. The van der Waals surface area contributed by atoms with Crippen molar-refractivity contribution >= 4 is 22.1 Å². The van der Waals surface area contributed by atoms with Crippen LogP contribution in [0.2, 0.25) is 0 Å². The molecule has 2 N–H and O–H groups in total. The second-order valence-corrected chi connectivity index (χ2v) is 8.37. The Morgan fingerprint density at radius 3 is 2.62 bits per heavy atom. The van der Waals surface area contributed by atoms with Crippen LogP contribution in [0.25, 0.3) is 56.1 Å². The molecule has 0 amide bonds. The number of imidazole rings is 1. The lowest BCUT2D eigenvalue weighted by atomic mass is 10.1. The molecule has 0 aromatic carbocycles. The van der Waals surface area contributed by atoms with Crippen molar-refractivity contribution < 1.29 is 0 Å². The first-order valence-electron chi connectivity index (χ1n) is 10.9. The number of hydrogen-bond donors (Lipinski definition) is 2. The minimum atomic E-state index is 0.621. The van der Waals surface area contributed by atoms with Crippen LogP contribution in [0.3, 0.4) is 0 Å². The smallest absolute Gasteiger partial charge is 0.161 e. The Morgan fingerprint density at radius 2 is 1.76 bits per heavy atom. The Morgan fingerprint density at radius 1 is 0.853 bits per heavy atom. The van der Waals surface area contributed by atoms with Crippen molar-refractivity contribution in [2.45, 2.75) is 6.54 Å². The topological polar surface area (TPSA) is 112 Å². The number of aromatic nitrogens is 8. The first-order chi connectivity index (χ1) is 16.7. The summed E-state index contributed by atoms with van der Waals surface area (Å²) in [6.07, 6.45) is 9.01. The highest BCUT2D eigenvalue weighted by Crippen LogP contribution is 2.30. The van der Waals surface area contributed by atoms with E-state index in [1.165, 1.54) is 0 Å². The van der Waals surface area contributed by atoms with Gasteiger partial charge >= 0.3 is 0 Å². The molecule has 6 rings (SSSR count). The number of H-pyrrole nitrogens is 2. The summed E-state index contributed by atoms with van der Waals surface area (Å²) in [6, 6.07) is 11.9. The molecule has 166 valence electrons. The van der Waals surface area contributed by atoms with Gasteiger partial charge in [0.25, 0.3) is 0 Å². The van der Waals surface area contributed by atoms with Crippen LogP contribution >= 0.6 is 0 Å². The highest BCUT2D eigenvalue weighted by Gasteiger charge is 2.17. The quantitative estimate of drug-likeness (QED) is 0.409. The maximum Gasteiger partial charge on any atom is 0.161 e. The standard InChI is InChI=1S/C25H21N9/c1-34(2)14-15-9-16(11-26-10-15)18-6-7-20-23(29-18)24(33-32-20)25-30-21-13-27-12-17(22(21)31-25)19-5-3-4-8-28-19/h3-13H,14H2,1-2H3,(H,30,31)(H,32,33). The van der Waals surface area contributed by atoms with E-state index in [2.05, 4.69) is 41.1 Å². The fraction of sp³-hybridized carbons (Fsp3) is 0.120. The Kier molecular flexibility index (Phi) is 4.81. The number of pyridine rings is 4. The van der Waals surface area contributed by atoms with Crippen molar-refractivity contribution in [3.8, 4) is 34.0 Å². The number of nitrogens with one attached hydrogen (secondary N) is 2. The molecule has 0 aliphatic heterocycles. The normalized spacial score (nSPS) is 11.6. The minimum Gasteiger partial charge on any atom is -0.335 e. The molecule has 34 heavy (non-hydrogen) atoms. The van der Waals surface area contributed by atoms with E-state index in [9.17, 15) is 0 Å². The second-order valence-electron chi connectivity index (χ2n) is 8.37. The molecular formula is C25H21N9. The second kappa shape index (κ2) is 8.13. The van der Waals surface area contributed by atoms with Gasteiger partial charge in [-0.05, 0) is 50.0 Å². The van der Waals surface area contributed by atoms with Crippen molar-refractivity contribution in [3.63, 3.8) is 0 Å². The van der Waals surface area contributed by atoms with Crippen molar-refractivity contribution in [3.05, 3.63) is 72.9 Å². The molecule has 0 bridgehead atoms. The summed E-state index contributed by atoms with van der Waals surface area (Å²) < 4.78 is 0. The van der Waals surface area contributed by atoms with Crippen LogP contribution < -0.4 is 0 Å². The highest BCUT2D eigenvalue weighted by molar-refractivity contribution is 5.95. The fourth-order valence-corrected chi connectivity index (χ4v) is 4.06. The van der Waals surface area contributed by atoms with E-state index in [-0.39, 0.29) is 0 Å². The Balaban J connectivity index is 1.45. The highest BCUT2D eigenvalue weighted by atomic mass is 15.2. The van der Waals surface area contributed by atoms with Crippen LogP contribution in [0.15, 0.2) is 67.4 Å². The van der Waals surface area contributed by atoms with E-state index in [0.29, 0.717) is 11.5 Å².